The highest BCUT2D eigenvalue weighted by Crippen LogP contribution is 2.32. The van der Waals surface area contributed by atoms with E-state index in [4.69, 9.17) is 11.1 Å². The second kappa shape index (κ2) is 6.77. The van der Waals surface area contributed by atoms with Crippen molar-refractivity contribution in [3.8, 4) is 11.1 Å². The summed E-state index contributed by atoms with van der Waals surface area (Å²) in [7, 11) is 0.778. The zero-order valence-corrected chi connectivity index (χ0v) is 14.3. The van der Waals surface area contributed by atoms with E-state index in [0.717, 1.165) is 9.55 Å². The molecular formula is C16H21ClSi. The number of halogens is 1. The second-order valence-corrected chi connectivity index (χ2v) is 5.16. The summed E-state index contributed by atoms with van der Waals surface area (Å²) in [6.07, 6.45) is 0. The zero-order chi connectivity index (χ0) is 13.6. The predicted octanol–water partition coefficient (Wildman–Crippen LogP) is 4.16. The van der Waals surface area contributed by atoms with Gasteiger partial charge in [-0.3, -0.25) is 0 Å². The van der Waals surface area contributed by atoms with Crippen molar-refractivity contribution in [1.82, 2.24) is 0 Å². The smallest absolute Gasteiger partial charge is 0.109 e. The van der Waals surface area contributed by atoms with Gasteiger partial charge in [0.05, 0.1) is 0 Å². The van der Waals surface area contributed by atoms with Crippen molar-refractivity contribution in [2.24, 2.45) is 0 Å². The molecule has 0 aromatic heterocycles. The summed E-state index contributed by atoms with van der Waals surface area (Å²) in [4.78, 5) is 0. The Balaban J connectivity index is 0.000000771. The van der Waals surface area contributed by atoms with Gasteiger partial charge in [-0.1, -0.05) is 75.4 Å². The highest BCUT2D eigenvalue weighted by Gasteiger charge is 2.17. The molecule has 0 amide bonds. The van der Waals surface area contributed by atoms with Crippen molar-refractivity contribution in [2.45, 2.75) is 26.2 Å². The van der Waals surface area contributed by atoms with E-state index >= 15 is 0 Å². The fraction of sp³-hybridized carbons (Fsp3) is 0.250. The lowest BCUT2D eigenvalue weighted by Gasteiger charge is -2.23. The Bertz CT molecular complexity index is 472. The van der Waals surface area contributed by atoms with E-state index < -0.39 is 0 Å². The SMILES string of the molecule is CC(C)(C)c1ccccc1-c1ccccc1.[SiH3]Cl. The van der Waals surface area contributed by atoms with Gasteiger partial charge >= 0.3 is 0 Å². The van der Waals surface area contributed by atoms with Gasteiger partial charge in [-0.15, -0.1) is 0 Å². The predicted molar refractivity (Wildman–Crippen MR) is 86.4 cm³/mol. The molecular weight excluding hydrogens is 256 g/mol. The first kappa shape index (κ1) is 15.0. The second-order valence-electron chi connectivity index (χ2n) is 5.16. The van der Waals surface area contributed by atoms with Crippen molar-refractivity contribution < 1.29 is 0 Å². The van der Waals surface area contributed by atoms with E-state index in [-0.39, 0.29) is 5.41 Å². The number of hydrogen-bond acceptors (Lipinski definition) is 0. The average molecular weight is 277 g/mol. The van der Waals surface area contributed by atoms with Crippen molar-refractivity contribution in [3.63, 3.8) is 0 Å². The van der Waals surface area contributed by atoms with Gasteiger partial charge in [0.25, 0.3) is 0 Å². The first-order valence-electron chi connectivity index (χ1n) is 6.12. The number of hydrogen-bond donors (Lipinski definition) is 0. The van der Waals surface area contributed by atoms with Gasteiger partial charge in [-0.25, -0.2) is 0 Å². The Morgan fingerprint density at radius 2 is 1.28 bits per heavy atom. The Kier molecular flexibility index (Phi) is 5.64. The van der Waals surface area contributed by atoms with Gasteiger partial charge in [0.15, 0.2) is 0 Å². The molecule has 0 aliphatic heterocycles. The maximum Gasteiger partial charge on any atom is 0.109 e. The molecule has 0 nitrogen and oxygen atoms in total. The molecule has 2 rings (SSSR count). The zero-order valence-electron chi connectivity index (χ0n) is 11.6. The van der Waals surface area contributed by atoms with Crippen LogP contribution in [-0.4, -0.2) is 9.55 Å². The van der Waals surface area contributed by atoms with Crippen molar-refractivity contribution in [2.75, 3.05) is 0 Å². The summed E-state index contributed by atoms with van der Waals surface area (Å²) in [5, 5.41) is 0. The van der Waals surface area contributed by atoms with Crippen LogP contribution in [0.2, 0.25) is 0 Å². The van der Waals surface area contributed by atoms with Crippen LogP contribution < -0.4 is 0 Å². The minimum Gasteiger partial charge on any atom is -0.181 e. The molecule has 2 aromatic rings. The molecule has 0 heterocycles. The summed E-state index contributed by atoms with van der Waals surface area (Å²) >= 11 is 4.78. The monoisotopic (exact) mass is 276 g/mol. The molecule has 0 saturated heterocycles. The summed E-state index contributed by atoms with van der Waals surface area (Å²) in [5.41, 5.74) is 4.23. The fourth-order valence-corrected chi connectivity index (χ4v) is 2.01. The van der Waals surface area contributed by atoms with Crippen LogP contribution in [-0.2, 0) is 5.41 Å². The van der Waals surface area contributed by atoms with Gasteiger partial charge in [-0.2, -0.15) is 11.1 Å². The molecule has 0 N–H and O–H groups in total. The van der Waals surface area contributed by atoms with Crippen LogP contribution in [0.1, 0.15) is 26.3 Å². The topological polar surface area (TPSA) is 0 Å². The molecule has 0 radical (unpaired) electrons. The van der Waals surface area contributed by atoms with Crippen LogP contribution in [0.3, 0.4) is 0 Å². The summed E-state index contributed by atoms with van der Waals surface area (Å²) in [6.45, 7) is 6.78. The minimum absolute atomic E-state index is 0.187. The summed E-state index contributed by atoms with van der Waals surface area (Å²) in [5.74, 6) is 0. The Labute approximate surface area is 118 Å². The molecule has 0 aliphatic carbocycles. The van der Waals surface area contributed by atoms with Gasteiger partial charge in [0.2, 0.25) is 0 Å². The first-order chi connectivity index (χ1) is 8.59. The van der Waals surface area contributed by atoms with Crippen molar-refractivity contribution in [3.05, 3.63) is 60.2 Å². The first-order valence-corrected chi connectivity index (χ1v) is 9.14. The van der Waals surface area contributed by atoms with Crippen LogP contribution >= 0.6 is 11.1 Å². The van der Waals surface area contributed by atoms with E-state index in [9.17, 15) is 0 Å². The van der Waals surface area contributed by atoms with Crippen LogP contribution in [0.4, 0.5) is 0 Å². The molecule has 96 valence electrons. The van der Waals surface area contributed by atoms with E-state index in [1.807, 2.05) is 0 Å². The molecule has 0 atom stereocenters. The lowest BCUT2D eigenvalue weighted by Crippen LogP contribution is -2.12. The van der Waals surface area contributed by atoms with E-state index in [1.165, 1.54) is 16.7 Å². The summed E-state index contributed by atoms with van der Waals surface area (Å²) < 4.78 is 0. The molecule has 0 fully saturated rings. The van der Waals surface area contributed by atoms with E-state index in [1.54, 1.807) is 0 Å². The van der Waals surface area contributed by atoms with E-state index in [2.05, 4.69) is 75.4 Å². The van der Waals surface area contributed by atoms with Crippen LogP contribution in [0.5, 0.6) is 0 Å². The third kappa shape index (κ3) is 3.72. The lowest BCUT2D eigenvalue weighted by atomic mass is 9.82. The molecule has 0 bridgehead atoms. The quantitative estimate of drug-likeness (QED) is 0.542. The van der Waals surface area contributed by atoms with Crippen molar-refractivity contribution in [1.29, 1.82) is 0 Å². The Morgan fingerprint density at radius 1 is 0.778 bits per heavy atom. The Morgan fingerprint density at radius 3 is 1.83 bits per heavy atom. The fourth-order valence-electron chi connectivity index (χ4n) is 2.01. The number of benzene rings is 2. The highest BCUT2D eigenvalue weighted by atomic mass is 35.6. The highest BCUT2D eigenvalue weighted by molar-refractivity contribution is 6.80. The average Bonchev–Trinajstić information content (AvgIpc) is 2.41. The maximum atomic E-state index is 4.78. The van der Waals surface area contributed by atoms with Crippen LogP contribution in [0, 0.1) is 0 Å². The lowest BCUT2D eigenvalue weighted by molar-refractivity contribution is 0.592. The maximum absolute atomic E-state index is 4.78. The molecule has 0 spiro atoms. The molecule has 18 heavy (non-hydrogen) atoms. The third-order valence-corrected chi connectivity index (χ3v) is 2.82. The molecule has 0 aliphatic rings. The molecule has 2 heteroatoms. The standard InChI is InChI=1S/C16H18.ClH3Si/c1-16(2,3)15-12-8-7-11-14(15)13-9-5-4-6-10-13;1-2/h4-12H,1-3H3;2H3. The van der Waals surface area contributed by atoms with Gasteiger partial charge < -0.3 is 0 Å². The van der Waals surface area contributed by atoms with Gasteiger partial charge in [0.1, 0.15) is 9.55 Å². The van der Waals surface area contributed by atoms with Crippen LogP contribution in [0.25, 0.3) is 11.1 Å². The summed E-state index contributed by atoms with van der Waals surface area (Å²) in [6, 6.07) is 19.2. The largest absolute Gasteiger partial charge is 0.181 e. The third-order valence-electron chi connectivity index (χ3n) is 2.82. The number of rotatable bonds is 1. The van der Waals surface area contributed by atoms with Gasteiger partial charge in [0, 0.05) is 0 Å². The molecule has 0 unspecified atom stereocenters. The molecule has 0 saturated carbocycles. The van der Waals surface area contributed by atoms with Gasteiger partial charge in [-0.05, 0) is 22.1 Å². The normalized spacial score (nSPS) is 10.7. The van der Waals surface area contributed by atoms with Crippen molar-refractivity contribution >= 4 is 20.6 Å². The minimum atomic E-state index is 0.187. The van der Waals surface area contributed by atoms with Crippen LogP contribution in [0.15, 0.2) is 54.6 Å². The van der Waals surface area contributed by atoms with E-state index in [0.29, 0.717) is 0 Å². The Hall–Kier alpha value is -1.05. The molecule has 2 aromatic carbocycles.